The molecular weight excluding hydrogens is 292 g/mol. The molecule has 0 bridgehead atoms. The monoisotopic (exact) mass is 310 g/mol. The van der Waals surface area contributed by atoms with Crippen molar-refractivity contribution in [2.75, 3.05) is 17.6 Å². The van der Waals surface area contributed by atoms with E-state index in [2.05, 4.69) is 20.3 Å². The highest BCUT2D eigenvalue weighted by Gasteiger charge is 2.10. The second kappa shape index (κ2) is 6.45. The number of nitrogen functional groups attached to an aromatic ring is 1. The number of imidazole rings is 1. The molecule has 23 heavy (non-hydrogen) atoms. The molecule has 2 heterocycles. The molecule has 0 aliphatic heterocycles. The SMILES string of the molecule is C[C@H](O)CNc1cc(-n2ccnc2-c2cccc(N)c2)ncn1. The number of rotatable bonds is 5. The quantitative estimate of drug-likeness (QED) is 0.620. The zero-order valence-corrected chi connectivity index (χ0v) is 12.7. The van der Waals surface area contributed by atoms with Gasteiger partial charge in [0.05, 0.1) is 6.10 Å². The van der Waals surface area contributed by atoms with Crippen molar-refractivity contribution < 1.29 is 5.11 Å². The van der Waals surface area contributed by atoms with Crippen molar-refractivity contribution in [1.29, 1.82) is 0 Å². The van der Waals surface area contributed by atoms with Crippen LogP contribution in [-0.4, -0.2) is 37.3 Å². The number of anilines is 2. The summed E-state index contributed by atoms with van der Waals surface area (Å²) in [7, 11) is 0. The highest BCUT2D eigenvalue weighted by Crippen LogP contribution is 2.22. The summed E-state index contributed by atoms with van der Waals surface area (Å²) in [5, 5.41) is 12.4. The highest BCUT2D eigenvalue weighted by molar-refractivity contribution is 5.63. The summed E-state index contributed by atoms with van der Waals surface area (Å²) in [6.45, 7) is 2.13. The molecule has 0 radical (unpaired) electrons. The first-order valence-electron chi connectivity index (χ1n) is 7.27. The molecule has 0 aliphatic rings. The Hall–Kier alpha value is -2.93. The number of aromatic nitrogens is 4. The van der Waals surface area contributed by atoms with E-state index in [9.17, 15) is 5.11 Å². The van der Waals surface area contributed by atoms with Crippen LogP contribution in [0.5, 0.6) is 0 Å². The van der Waals surface area contributed by atoms with Gasteiger partial charge in [-0.05, 0) is 19.1 Å². The molecule has 7 nitrogen and oxygen atoms in total. The highest BCUT2D eigenvalue weighted by atomic mass is 16.3. The van der Waals surface area contributed by atoms with E-state index in [1.54, 1.807) is 19.2 Å². The number of aliphatic hydroxyl groups excluding tert-OH is 1. The largest absolute Gasteiger partial charge is 0.399 e. The first-order valence-corrected chi connectivity index (χ1v) is 7.27. The lowest BCUT2D eigenvalue weighted by molar-refractivity contribution is 0.208. The molecule has 3 aromatic rings. The Morgan fingerprint density at radius 2 is 2.13 bits per heavy atom. The average Bonchev–Trinajstić information content (AvgIpc) is 3.03. The maximum Gasteiger partial charge on any atom is 0.145 e. The standard InChI is InChI=1S/C16H18N6O/c1-11(23)9-19-14-8-15(21-10-20-14)22-6-5-18-16(22)12-3-2-4-13(17)7-12/h2-8,10-11,23H,9,17H2,1H3,(H,19,20,21)/t11-/m0/s1. The minimum atomic E-state index is -0.454. The maximum absolute atomic E-state index is 9.35. The number of benzene rings is 1. The number of hydrogen-bond donors (Lipinski definition) is 3. The Kier molecular flexibility index (Phi) is 4.20. The van der Waals surface area contributed by atoms with E-state index >= 15 is 0 Å². The Morgan fingerprint density at radius 1 is 1.26 bits per heavy atom. The summed E-state index contributed by atoms with van der Waals surface area (Å²) >= 11 is 0. The molecule has 0 aliphatic carbocycles. The van der Waals surface area contributed by atoms with Crippen molar-refractivity contribution in [3.63, 3.8) is 0 Å². The first kappa shape index (κ1) is 15.0. The number of aliphatic hydroxyl groups is 1. The summed E-state index contributed by atoms with van der Waals surface area (Å²) in [6, 6.07) is 9.34. The molecule has 4 N–H and O–H groups in total. The number of hydrogen-bond acceptors (Lipinski definition) is 6. The smallest absolute Gasteiger partial charge is 0.145 e. The van der Waals surface area contributed by atoms with E-state index in [1.165, 1.54) is 6.33 Å². The lowest BCUT2D eigenvalue weighted by atomic mass is 10.2. The molecule has 0 unspecified atom stereocenters. The van der Waals surface area contributed by atoms with Gasteiger partial charge in [0, 0.05) is 36.3 Å². The van der Waals surface area contributed by atoms with Crippen LogP contribution in [0.15, 0.2) is 49.1 Å². The van der Waals surface area contributed by atoms with Crippen molar-refractivity contribution in [3.05, 3.63) is 49.1 Å². The second-order valence-corrected chi connectivity index (χ2v) is 5.24. The molecule has 1 atom stereocenters. The van der Waals surface area contributed by atoms with Gasteiger partial charge in [0.1, 0.15) is 23.8 Å². The van der Waals surface area contributed by atoms with E-state index in [1.807, 2.05) is 35.0 Å². The van der Waals surface area contributed by atoms with Crippen LogP contribution in [0.25, 0.3) is 17.2 Å². The van der Waals surface area contributed by atoms with Gasteiger partial charge < -0.3 is 16.2 Å². The van der Waals surface area contributed by atoms with Crippen molar-refractivity contribution in [2.24, 2.45) is 0 Å². The zero-order chi connectivity index (χ0) is 16.2. The van der Waals surface area contributed by atoms with Crippen LogP contribution < -0.4 is 11.1 Å². The Bertz CT molecular complexity index is 799. The lowest BCUT2D eigenvalue weighted by Gasteiger charge is -2.10. The van der Waals surface area contributed by atoms with Gasteiger partial charge in [0.15, 0.2) is 0 Å². The van der Waals surface area contributed by atoms with Gasteiger partial charge in [-0.2, -0.15) is 0 Å². The molecule has 0 saturated carbocycles. The van der Waals surface area contributed by atoms with Crippen molar-refractivity contribution in [2.45, 2.75) is 13.0 Å². The van der Waals surface area contributed by atoms with Gasteiger partial charge in [-0.3, -0.25) is 4.57 Å². The van der Waals surface area contributed by atoms with Crippen LogP contribution in [0.1, 0.15) is 6.92 Å². The molecule has 1 aromatic carbocycles. The summed E-state index contributed by atoms with van der Waals surface area (Å²) in [5.74, 6) is 2.07. The average molecular weight is 310 g/mol. The van der Waals surface area contributed by atoms with Gasteiger partial charge in [0.25, 0.3) is 0 Å². The van der Waals surface area contributed by atoms with Crippen LogP contribution in [0.2, 0.25) is 0 Å². The van der Waals surface area contributed by atoms with Crippen LogP contribution in [-0.2, 0) is 0 Å². The van der Waals surface area contributed by atoms with E-state index in [4.69, 9.17) is 5.73 Å². The van der Waals surface area contributed by atoms with E-state index in [0.29, 0.717) is 23.9 Å². The molecule has 0 fully saturated rings. The topological polar surface area (TPSA) is 102 Å². The summed E-state index contributed by atoms with van der Waals surface area (Å²) in [5.41, 5.74) is 7.44. The van der Waals surface area contributed by atoms with Crippen LogP contribution in [0.3, 0.4) is 0 Å². The summed E-state index contributed by atoms with van der Waals surface area (Å²) in [4.78, 5) is 12.8. The van der Waals surface area contributed by atoms with Crippen molar-refractivity contribution in [3.8, 4) is 17.2 Å². The molecule has 3 rings (SSSR count). The third-order valence-corrected chi connectivity index (χ3v) is 3.26. The second-order valence-electron chi connectivity index (χ2n) is 5.24. The molecule has 7 heteroatoms. The number of nitrogens with zero attached hydrogens (tertiary/aromatic N) is 4. The molecular formula is C16H18N6O. The Morgan fingerprint density at radius 3 is 2.91 bits per heavy atom. The van der Waals surface area contributed by atoms with Gasteiger partial charge in [0.2, 0.25) is 0 Å². The molecule has 0 spiro atoms. The van der Waals surface area contributed by atoms with Gasteiger partial charge in [-0.1, -0.05) is 12.1 Å². The third kappa shape index (κ3) is 3.46. The van der Waals surface area contributed by atoms with Crippen LogP contribution in [0, 0.1) is 0 Å². The van der Waals surface area contributed by atoms with Crippen molar-refractivity contribution in [1.82, 2.24) is 19.5 Å². The fourth-order valence-electron chi connectivity index (χ4n) is 2.21. The van der Waals surface area contributed by atoms with E-state index in [-0.39, 0.29) is 0 Å². The van der Waals surface area contributed by atoms with E-state index in [0.717, 1.165) is 11.4 Å². The van der Waals surface area contributed by atoms with Gasteiger partial charge in [-0.25, -0.2) is 15.0 Å². The fraction of sp³-hybridized carbons (Fsp3) is 0.188. The zero-order valence-electron chi connectivity index (χ0n) is 12.7. The maximum atomic E-state index is 9.35. The Balaban J connectivity index is 1.94. The minimum Gasteiger partial charge on any atom is -0.399 e. The molecule has 0 saturated heterocycles. The first-order chi connectivity index (χ1) is 11.1. The van der Waals surface area contributed by atoms with Crippen LogP contribution in [0.4, 0.5) is 11.5 Å². The minimum absolute atomic E-state index is 0.419. The van der Waals surface area contributed by atoms with E-state index < -0.39 is 6.10 Å². The lowest BCUT2D eigenvalue weighted by Crippen LogP contribution is -2.16. The fourth-order valence-corrected chi connectivity index (χ4v) is 2.21. The summed E-state index contributed by atoms with van der Waals surface area (Å²) < 4.78 is 1.87. The van der Waals surface area contributed by atoms with Crippen LogP contribution >= 0.6 is 0 Å². The van der Waals surface area contributed by atoms with Gasteiger partial charge in [-0.15, -0.1) is 0 Å². The number of nitrogens with two attached hydrogens (primary N) is 1. The summed E-state index contributed by atoms with van der Waals surface area (Å²) in [6.07, 6.45) is 4.57. The Labute approximate surface area is 133 Å². The molecule has 118 valence electrons. The number of nitrogens with one attached hydrogen (secondary N) is 1. The predicted octanol–water partition coefficient (Wildman–Crippen LogP) is 1.70. The normalized spacial score (nSPS) is 12.1. The van der Waals surface area contributed by atoms with Crippen molar-refractivity contribution >= 4 is 11.5 Å². The van der Waals surface area contributed by atoms with Gasteiger partial charge >= 0.3 is 0 Å². The molecule has 2 aromatic heterocycles. The molecule has 0 amide bonds. The third-order valence-electron chi connectivity index (χ3n) is 3.26. The predicted molar refractivity (Wildman–Crippen MR) is 89.2 cm³/mol.